The highest BCUT2D eigenvalue weighted by molar-refractivity contribution is 5.37. The van der Waals surface area contributed by atoms with Gasteiger partial charge in [-0.15, -0.1) is 0 Å². The van der Waals surface area contributed by atoms with Crippen LogP contribution < -0.4 is 10.1 Å². The van der Waals surface area contributed by atoms with Gasteiger partial charge in [0.1, 0.15) is 5.75 Å². The minimum absolute atomic E-state index is 0.393. The van der Waals surface area contributed by atoms with Gasteiger partial charge in [-0.05, 0) is 38.1 Å². The molecule has 0 amide bonds. The Balaban J connectivity index is 2.95. The SMILES string of the molecule is CN[C@H](C)c1ccc(OC)c(C)c1. The zero-order chi connectivity index (χ0) is 9.84. The molecule has 0 heterocycles. The van der Waals surface area contributed by atoms with Crippen molar-refractivity contribution < 1.29 is 4.74 Å². The Labute approximate surface area is 79.9 Å². The summed E-state index contributed by atoms with van der Waals surface area (Å²) in [5.41, 5.74) is 2.47. The molecule has 72 valence electrons. The minimum atomic E-state index is 0.393. The summed E-state index contributed by atoms with van der Waals surface area (Å²) in [5, 5.41) is 3.21. The van der Waals surface area contributed by atoms with E-state index in [1.54, 1.807) is 7.11 Å². The van der Waals surface area contributed by atoms with Crippen LogP contribution >= 0.6 is 0 Å². The number of nitrogens with one attached hydrogen (secondary N) is 1. The van der Waals surface area contributed by atoms with Crippen LogP contribution in [0, 0.1) is 6.92 Å². The average molecular weight is 179 g/mol. The van der Waals surface area contributed by atoms with Crippen LogP contribution in [-0.4, -0.2) is 14.2 Å². The summed E-state index contributed by atoms with van der Waals surface area (Å²) in [5.74, 6) is 0.951. The molecular weight excluding hydrogens is 162 g/mol. The highest BCUT2D eigenvalue weighted by Crippen LogP contribution is 2.21. The van der Waals surface area contributed by atoms with Gasteiger partial charge < -0.3 is 10.1 Å². The summed E-state index contributed by atoms with van der Waals surface area (Å²) in [6, 6.07) is 6.65. The Morgan fingerprint density at radius 2 is 2.08 bits per heavy atom. The van der Waals surface area contributed by atoms with Crippen LogP contribution in [0.2, 0.25) is 0 Å². The molecule has 0 unspecified atom stereocenters. The molecule has 0 aliphatic carbocycles. The van der Waals surface area contributed by atoms with Crippen molar-refractivity contribution in [2.75, 3.05) is 14.2 Å². The van der Waals surface area contributed by atoms with Gasteiger partial charge in [0.05, 0.1) is 7.11 Å². The van der Waals surface area contributed by atoms with E-state index in [9.17, 15) is 0 Å². The Hall–Kier alpha value is -1.02. The Bertz CT molecular complexity index is 283. The largest absolute Gasteiger partial charge is 0.496 e. The number of ether oxygens (including phenoxy) is 1. The van der Waals surface area contributed by atoms with Gasteiger partial charge in [-0.2, -0.15) is 0 Å². The Morgan fingerprint density at radius 1 is 1.38 bits per heavy atom. The first kappa shape index (κ1) is 10.1. The number of hydrogen-bond donors (Lipinski definition) is 1. The molecule has 0 aliphatic heterocycles. The van der Waals surface area contributed by atoms with Crippen molar-refractivity contribution in [3.05, 3.63) is 29.3 Å². The standard InChI is InChI=1S/C11H17NO/c1-8-7-10(9(2)12-3)5-6-11(8)13-4/h5-7,9,12H,1-4H3/t9-/m1/s1. The molecule has 0 aromatic heterocycles. The number of hydrogen-bond acceptors (Lipinski definition) is 2. The van der Waals surface area contributed by atoms with Gasteiger partial charge in [0.25, 0.3) is 0 Å². The third kappa shape index (κ3) is 2.22. The molecule has 1 atom stereocenters. The summed E-state index contributed by atoms with van der Waals surface area (Å²) in [6.45, 7) is 4.20. The van der Waals surface area contributed by atoms with Crippen LogP contribution in [0.15, 0.2) is 18.2 Å². The van der Waals surface area contributed by atoms with Gasteiger partial charge in [0.2, 0.25) is 0 Å². The maximum absolute atomic E-state index is 5.19. The third-order valence-corrected chi connectivity index (χ3v) is 2.35. The summed E-state index contributed by atoms with van der Waals surface area (Å²) in [7, 11) is 3.66. The van der Waals surface area contributed by atoms with E-state index in [4.69, 9.17) is 4.74 Å². The monoisotopic (exact) mass is 179 g/mol. The van der Waals surface area contributed by atoms with Crippen LogP contribution in [0.3, 0.4) is 0 Å². The van der Waals surface area contributed by atoms with Gasteiger partial charge in [-0.25, -0.2) is 0 Å². The van der Waals surface area contributed by atoms with Crippen LogP contribution in [-0.2, 0) is 0 Å². The molecule has 0 spiro atoms. The van der Waals surface area contributed by atoms with Crippen LogP contribution in [0.5, 0.6) is 5.75 Å². The van der Waals surface area contributed by atoms with Crippen LogP contribution in [0.1, 0.15) is 24.1 Å². The molecule has 0 radical (unpaired) electrons. The number of aryl methyl sites for hydroxylation is 1. The second kappa shape index (κ2) is 4.28. The van der Waals surface area contributed by atoms with Gasteiger partial charge in [-0.3, -0.25) is 0 Å². The van der Waals surface area contributed by atoms with E-state index in [0.717, 1.165) is 5.75 Å². The number of rotatable bonds is 3. The normalized spacial score (nSPS) is 12.6. The highest BCUT2D eigenvalue weighted by atomic mass is 16.5. The quantitative estimate of drug-likeness (QED) is 0.768. The fourth-order valence-corrected chi connectivity index (χ4v) is 1.34. The first-order valence-corrected chi connectivity index (χ1v) is 4.51. The molecule has 0 aliphatic rings. The van der Waals surface area contributed by atoms with Gasteiger partial charge >= 0.3 is 0 Å². The lowest BCUT2D eigenvalue weighted by Crippen LogP contribution is -2.12. The van der Waals surface area contributed by atoms with Gasteiger partial charge in [0.15, 0.2) is 0 Å². The van der Waals surface area contributed by atoms with E-state index in [0.29, 0.717) is 6.04 Å². The maximum Gasteiger partial charge on any atom is 0.121 e. The fourth-order valence-electron chi connectivity index (χ4n) is 1.34. The summed E-state index contributed by atoms with van der Waals surface area (Å²) in [6.07, 6.45) is 0. The van der Waals surface area contributed by atoms with Gasteiger partial charge in [-0.1, -0.05) is 12.1 Å². The van der Waals surface area contributed by atoms with Crippen molar-refractivity contribution in [3.63, 3.8) is 0 Å². The Kier molecular flexibility index (Phi) is 3.32. The molecule has 0 bridgehead atoms. The second-order valence-corrected chi connectivity index (χ2v) is 3.24. The van der Waals surface area contributed by atoms with Crippen LogP contribution in [0.25, 0.3) is 0 Å². The zero-order valence-corrected chi connectivity index (χ0v) is 8.72. The molecule has 0 fully saturated rings. The first-order chi connectivity index (χ1) is 6.19. The predicted octanol–water partition coefficient (Wildman–Crippen LogP) is 2.28. The fraction of sp³-hybridized carbons (Fsp3) is 0.455. The highest BCUT2D eigenvalue weighted by Gasteiger charge is 2.04. The molecule has 1 aromatic carbocycles. The smallest absolute Gasteiger partial charge is 0.121 e. The summed E-state index contributed by atoms with van der Waals surface area (Å²) in [4.78, 5) is 0. The van der Waals surface area contributed by atoms with Gasteiger partial charge in [0, 0.05) is 6.04 Å². The lowest BCUT2D eigenvalue weighted by molar-refractivity contribution is 0.411. The first-order valence-electron chi connectivity index (χ1n) is 4.51. The number of methoxy groups -OCH3 is 1. The second-order valence-electron chi connectivity index (χ2n) is 3.24. The lowest BCUT2D eigenvalue weighted by Gasteiger charge is -2.12. The lowest BCUT2D eigenvalue weighted by atomic mass is 10.1. The van der Waals surface area contributed by atoms with Crippen molar-refractivity contribution in [1.29, 1.82) is 0 Å². The Morgan fingerprint density at radius 3 is 2.54 bits per heavy atom. The van der Waals surface area contributed by atoms with E-state index in [2.05, 4.69) is 31.3 Å². The van der Waals surface area contributed by atoms with Crippen LogP contribution in [0.4, 0.5) is 0 Å². The molecule has 0 saturated carbocycles. The molecule has 0 saturated heterocycles. The molecule has 1 rings (SSSR count). The predicted molar refractivity (Wildman–Crippen MR) is 55.2 cm³/mol. The molecule has 2 nitrogen and oxygen atoms in total. The van der Waals surface area contributed by atoms with Crippen molar-refractivity contribution in [1.82, 2.24) is 5.32 Å². The average Bonchev–Trinajstić information content (AvgIpc) is 2.16. The minimum Gasteiger partial charge on any atom is -0.496 e. The third-order valence-electron chi connectivity index (χ3n) is 2.35. The topological polar surface area (TPSA) is 21.3 Å². The van der Waals surface area contributed by atoms with Crippen molar-refractivity contribution in [2.24, 2.45) is 0 Å². The van der Waals surface area contributed by atoms with E-state index in [1.165, 1.54) is 11.1 Å². The molecule has 1 aromatic rings. The summed E-state index contributed by atoms with van der Waals surface area (Å²) >= 11 is 0. The number of benzene rings is 1. The summed E-state index contributed by atoms with van der Waals surface area (Å²) < 4.78 is 5.19. The zero-order valence-electron chi connectivity index (χ0n) is 8.72. The van der Waals surface area contributed by atoms with E-state index in [1.807, 2.05) is 13.1 Å². The van der Waals surface area contributed by atoms with Crippen molar-refractivity contribution in [3.8, 4) is 5.75 Å². The van der Waals surface area contributed by atoms with Crippen molar-refractivity contribution >= 4 is 0 Å². The molecule has 13 heavy (non-hydrogen) atoms. The molecular formula is C11H17NO. The maximum atomic E-state index is 5.19. The van der Waals surface area contributed by atoms with E-state index < -0.39 is 0 Å². The van der Waals surface area contributed by atoms with E-state index >= 15 is 0 Å². The van der Waals surface area contributed by atoms with E-state index in [-0.39, 0.29) is 0 Å². The molecule has 2 heteroatoms. The van der Waals surface area contributed by atoms with Crippen molar-refractivity contribution in [2.45, 2.75) is 19.9 Å². The molecule has 1 N–H and O–H groups in total.